The van der Waals surface area contributed by atoms with Crippen LogP contribution in [0.25, 0.3) is 10.9 Å². The number of aliphatic carboxylic acids is 2. The van der Waals surface area contributed by atoms with E-state index in [1.807, 2.05) is 24.3 Å². The molecule has 0 fully saturated rings. The smallest absolute Gasteiger partial charge is 0.305 e. The number of aromatic amines is 2. The number of carbonyl (C=O) groups is 6. The summed E-state index contributed by atoms with van der Waals surface area (Å²) in [5.41, 5.74) is 8.07. The molecule has 3 aromatic rings. The topological polar surface area (TPSA) is 249 Å². The lowest BCUT2D eigenvalue weighted by atomic mass is 10.0. The minimum atomic E-state index is -1.71. The summed E-state index contributed by atoms with van der Waals surface area (Å²) >= 11 is 0. The number of para-hydroxylation sites is 1. The van der Waals surface area contributed by atoms with Gasteiger partial charge in [0.05, 0.1) is 18.8 Å². The van der Waals surface area contributed by atoms with Crippen molar-refractivity contribution in [2.75, 3.05) is 6.67 Å². The molecule has 2 heterocycles. The second kappa shape index (κ2) is 15.2. The van der Waals surface area contributed by atoms with Gasteiger partial charge in [0.25, 0.3) is 0 Å². The molecule has 0 radical (unpaired) electrons. The number of rotatable bonds is 17. The molecule has 43 heavy (non-hydrogen) atoms. The van der Waals surface area contributed by atoms with Gasteiger partial charge in [0.1, 0.15) is 24.8 Å². The number of nitrogens with zero attached hydrogens (tertiary/aromatic N) is 1. The Balaban J connectivity index is 1.76. The molecule has 0 saturated carbocycles. The normalized spacial score (nSPS) is 13.8. The number of alkyl halides is 1. The van der Waals surface area contributed by atoms with E-state index in [1.165, 1.54) is 12.5 Å². The van der Waals surface area contributed by atoms with Gasteiger partial charge in [-0.2, -0.15) is 0 Å². The maximum absolute atomic E-state index is 13.3. The Morgan fingerprint density at radius 3 is 2.21 bits per heavy atom. The Bertz CT molecular complexity index is 1460. The van der Waals surface area contributed by atoms with Crippen molar-refractivity contribution in [3.05, 3.63) is 54.2 Å². The summed E-state index contributed by atoms with van der Waals surface area (Å²) in [5.74, 6) is -6.61. The number of amides is 3. The molecule has 0 aliphatic carbocycles. The molecule has 3 rings (SSSR count). The van der Waals surface area contributed by atoms with Crippen LogP contribution >= 0.6 is 0 Å². The fraction of sp³-hybridized carbons (Fsp3) is 0.370. The first-order chi connectivity index (χ1) is 20.5. The third-order valence-corrected chi connectivity index (χ3v) is 6.56. The van der Waals surface area contributed by atoms with E-state index in [1.54, 1.807) is 6.20 Å². The van der Waals surface area contributed by atoms with Crippen LogP contribution in [-0.2, 0) is 41.6 Å². The molecule has 15 nitrogen and oxygen atoms in total. The van der Waals surface area contributed by atoms with Gasteiger partial charge in [0.2, 0.25) is 17.7 Å². The quantitative estimate of drug-likeness (QED) is 0.0969. The minimum absolute atomic E-state index is 0.0987. The van der Waals surface area contributed by atoms with Crippen LogP contribution in [0.4, 0.5) is 4.39 Å². The number of hydrogen-bond acceptors (Lipinski definition) is 8. The summed E-state index contributed by atoms with van der Waals surface area (Å²) < 4.78 is 13.0. The molecule has 9 N–H and O–H groups in total. The molecule has 0 saturated heterocycles. The Labute approximate surface area is 243 Å². The van der Waals surface area contributed by atoms with Crippen molar-refractivity contribution in [1.29, 1.82) is 0 Å². The van der Waals surface area contributed by atoms with E-state index in [0.29, 0.717) is 5.69 Å². The summed E-state index contributed by atoms with van der Waals surface area (Å²) in [7, 11) is 0. The number of halogens is 1. The molecule has 1 aromatic carbocycles. The number of aromatic nitrogens is 3. The number of nitrogens with two attached hydrogens (primary N) is 1. The van der Waals surface area contributed by atoms with E-state index in [0.717, 1.165) is 16.5 Å². The molecule has 4 atom stereocenters. The van der Waals surface area contributed by atoms with Crippen LogP contribution in [0.3, 0.4) is 0 Å². The third kappa shape index (κ3) is 9.46. The van der Waals surface area contributed by atoms with Crippen LogP contribution < -0.4 is 21.7 Å². The predicted octanol–water partition coefficient (Wildman–Crippen LogP) is -0.664. The molecule has 0 bridgehead atoms. The molecule has 0 aliphatic heterocycles. The number of ketones is 1. The van der Waals surface area contributed by atoms with Crippen LogP contribution in [0.5, 0.6) is 0 Å². The first-order valence-corrected chi connectivity index (χ1v) is 13.2. The number of carboxylic acid groups (broad SMARTS) is 2. The van der Waals surface area contributed by atoms with Crippen molar-refractivity contribution < 1.29 is 43.4 Å². The van der Waals surface area contributed by atoms with Gasteiger partial charge in [-0.1, -0.05) is 18.2 Å². The summed E-state index contributed by atoms with van der Waals surface area (Å²) in [4.78, 5) is 83.4. The fourth-order valence-electron chi connectivity index (χ4n) is 4.33. The molecule has 3 amide bonds. The number of nitrogens with one attached hydrogen (secondary N) is 5. The molecular formula is C27H32FN7O8. The lowest BCUT2D eigenvalue weighted by molar-refractivity contribution is -0.141. The fourth-order valence-corrected chi connectivity index (χ4v) is 4.33. The van der Waals surface area contributed by atoms with Gasteiger partial charge in [-0.25, -0.2) is 9.37 Å². The standard InChI is InChI=1S/C27H32FN7O8/c28-10-22(36)20(9-24(39)40)34-27(43)21(8-15-12-30-13-32-15)35-26(42)19(5-6-23(37)38)33-25(41)17(29)7-14-11-31-18-4-2-1-3-16(14)18/h1-4,11-13,17,19-21,31H,5-10,29H2,(H,30,32)(H,33,41)(H,34,43)(H,35,42)(H,37,38)(H,39,40)/t17-,19-,20-,21-/m0/s1. The van der Waals surface area contributed by atoms with E-state index in [9.17, 15) is 38.3 Å². The minimum Gasteiger partial charge on any atom is -0.481 e. The van der Waals surface area contributed by atoms with Gasteiger partial charge < -0.3 is 41.9 Å². The van der Waals surface area contributed by atoms with Crippen LogP contribution in [-0.4, -0.2) is 91.5 Å². The number of carbonyl (C=O) groups excluding carboxylic acids is 4. The lowest BCUT2D eigenvalue weighted by Crippen LogP contribution is -2.58. The van der Waals surface area contributed by atoms with Crippen LogP contribution in [0.15, 0.2) is 43.0 Å². The maximum Gasteiger partial charge on any atom is 0.305 e. The molecule has 0 aliphatic rings. The highest BCUT2D eigenvalue weighted by Gasteiger charge is 2.32. The average Bonchev–Trinajstić information content (AvgIpc) is 3.63. The monoisotopic (exact) mass is 601 g/mol. The van der Waals surface area contributed by atoms with E-state index in [4.69, 9.17) is 10.8 Å². The number of imidazole rings is 1. The Morgan fingerprint density at radius 1 is 0.884 bits per heavy atom. The van der Waals surface area contributed by atoms with Gasteiger partial charge in [-0.05, 0) is 24.5 Å². The highest BCUT2D eigenvalue weighted by molar-refractivity contribution is 5.96. The number of H-pyrrole nitrogens is 2. The number of benzene rings is 1. The zero-order valence-electron chi connectivity index (χ0n) is 22.8. The van der Waals surface area contributed by atoms with Crippen LogP contribution in [0, 0.1) is 0 Å². The van der Waals surface area contributed by atoms with Crippen molar-refractivity contribution in [2.45, 2.75) is 56.3 Å². The number of hydrogen-bond donors (Lipinski definition) is 8. The lowest BCUT2D eigenvalue weighted by Gasteiger charge is -2.25. The van der Waals surface area contributed by atoms with E-state index in [-0.39, 0.29) is 19.3 Å². The predicted molar refractivity (Wildman–Crippen MR) is 148 cm³/mol. The second-order valence-electron chi connectivity index (χ2n) is 9.76. The van der Waals surface area contributed by atoms with Gasteiger partial charge in [-0.15, -0.1) is 0 Å². The van der Waals surface area contributed by atoms with E-state index in [2.05, 4.69) is 30.9 Å². The second-order valence-corrected chi connectivity index (χ2v) is 9.76. The Morgan fingerprint density at radius 2 is 1.56 bits per heavy atom. The van der Waals surface area contributed by atoms with Gasteiger partial charge >= 0.3 is 11.9 Å². The highest BCUT2D eigenvalue weighted by atomic mass is 19.1. The van der Waals surface area contributed by atoms with Crippen LogP contribution in [0.1, 0.15) is 30.5 Å². The van der Waals surface area contributed by atoms with Crippen molar-refractivity contribution in [3.63, 3.8) is 0 Å². The molecule has 0 spiro atoms. The molecule has 0 unspecified atom stereocenters. The van der Waals surface area contributed by atoms with Crippen molar-refractivity contribution >= 4 is 46.3 Å². The van der Waals surface area contributed by atoms with Crippen molar-refractivity contribution in [1.82, 2.24) is 30.9 Å². The van der Waals surface area contributed by atoms with Crippen molar-refractivity contribution in [3.8, 4) is 0 Å². The zero-order chi connectivity index (χ0) is 31.5. The molecule has 230 valence electrons. The highest BCUT2D eigenvalue weighted by Crippen LogP contribution is 2.19. The van der Waals surface area contributed by atoms with E-state index >= 15 is 0 Å². The van der Waals surface area contributed by atoms with Crippen LogP contribution in [0.2, 0.25) is 0 Å². The number of carboxylic acids is 2. The van der Waals surface area contributed by atoms with Gasteiger partial charge in [-0.3, -0.25) is 28.8 Å². The summed E-state index contributed by atoms with van der Waals surface area (Å²) in [6.45, 7) is -1.53. The first-order valence-electron chi connectivity index (χ1n) is 13.2. The zero-order valence-corrected chi connectivity index (χ0v) is 22.8. The number of fused-ring (bicyclic) bond motifs is 1. The Hall–Kier alpha value is -5.12. The summed E-state index contributed by atoms with van der Waals surface area (Å²) in [6, 6.07) is 1.65. The third-order valence-electron chi connectivity index (χ3n) is 6.56. The molecular weight excluding hydrogens is 569 g/mol. The summed E-state index contributed by atoms with van der Waals surface area (Å²) in [6.07, 6.45) is 2.47. The average molecular weight is 602 g/mol. The Kier molecular flexibility index (Phi) is 11.5. The van der Waals surface area contributed by atoms with Gasteiger partial charge in [0, 0.05) is 41.8 Å². The molecule has 16 heteroatoms. The maximum atomic E-state index is 13.3. The van der Waals surface area contributed by atoms with Crippen molar-refractivity contribution in [2.24, 2.45) is 5.73 Å². The van der Waals surface area contributed by atoms with Gasteiger partial charge in [0.15, 0.2) is 5.78 Å². The SMILES string of the molecule is N[C@@H](Cc1c[nH]c2ccccc12)C(=O)N[C@@H](CCC(=O)O)C(=O)N[C@@H](Cc1cnc[nH]1)C(=O)N[C@@H](CC(=O)O)C(=O)CF. The largest absolute Gasteiger partial charge is 0.481 e. The first kappa shape index (κ1) is 32.4. The molecule has 2 aromatic heterocycles. The summed E-state index contributed by atoms with van der Waals surface area (Å²) in [5, 5.41) is 26.1. The van der Waals surface area contributed by atoms with E-state index < -0.39 is 79.1 Å². The number of Topliss-reactive ketones (excluding diaryl/α,β-unsaturated/α-hetero) is 1.